The first-order valence-electron chi connectivity index (χ1n) is 6.18. The van der Waals surface area contributed by atoms with Crippen LogP contribution < -0.4 is 5.32 Å². The van der Waals surface area contributed by atoms with Crippen LogP contribution in [0, 0.1) is 0 Å². The number of halogens is 1. The van der Waals surface area contributed by atoms with Gasteiger partial charge in [0.15, 0.2) is 10.8 Å². The summed E-state index contributed by atoms with van der Waals surface area (Å²) >= 11 is 5.60. The van der Waals surface area contributed by atoms with Crippen molar-refractivity contribution in [3.05, 3.63) is 52.8 Å². The highest BCUT2D eigenvalue weighted by molar-refractivity contribution is 6.29. The normalized spacial score (nSPS) is 10.0. The molecule has 0 spiro atoms. The maximum Gasteiger partial charge on any atom is 0.338 e. The van der Waals surface area contributed by atoms with E-state index in [1.165, 1.54) is 12.1 Å². The number of hydrogen-bond acceptors (Lipinski definition) is 5. The van der Waals surface area contributed by atoms with E-state index in [2.05, 4.69) is 15.5 Å². The Balaban J connectivity index is 2.04. The van der Waals surface area contributed by atoms with Crippen molar-refractivity contribution < 1.29 is 14.3 Å². The predicted molar refractivity (Wildman–Crippen MR) is 77.4 cm³/mol. The molecule has 6 nitrogen and oxygen atoms in total. The first-order valence-corrected chi connectivity index (χ1v) is 6.55. The molecule has 1 aromatic heterocycles. The maximum absolute atomic E-state index is 11.9. The Kier molecular flexibility index (Phi) is 4.84. The highest BCUT2D eigenvalue weighted by atomic mass is 35.5. The minimum Gasteiger partial charge on any atom is -0.462 e. The number of anilines is 1. The monoisotopic (exact) mass is 305 g/mol. The lowest BCUT2D eigenvalue weighted by molar-refractivity contribution is 0.0526. The van der Waals surface area contributed by atoms with Gasteiger partial charge in [0, 0.05) is 5.69 Å². The molecule has 0 aliphatic heterocycles. The Morgan fingerprint density at radius 1 is 1.14 bits per heavy atom. The van der Waals surface area contributed by atoms with Crippen molar-refractivity contribution in [2.24, 2.45) is 0 Å². The molecule has 0 bridgehead atoms. The van der Waals surface area contributed by atoms with Crippen LogP contribution in [0.1, 0.15) is 27.8 Å². The quantitative estimate of drug-likeness (QED) is 0.878. The molecule has 7 heteroatoms. The first-order chi connectivity index (χ1) is 10.1. The van der Waals surface area contributed by atoms with Crippen LogP contribution in [0.5, 0.6) is 0 Å². The minimum atomic E-state index is -0.414. The van der Waals surface area contributed by atoms with Gasteiger partial charge in [-0.15, -0.1) is 10.2 Å². The summed E-state index contributed by atoms with van der Waals surface area (Å²) in [5.74, 6) is -0.818. The number of esters is 1. The van der Waals surface area contributed by atoms with E-state index in [0.717, 1.165) is 0 Å². The Morgan fingerprint density at radius 2 is 1.86 bits per heavy atom. The zero-order chi connectivity index (χ0) is 15.2. The fourth-order valence-electron chi connectivity index (χ4n) is 1.54. The average Bonchev–Trinajstić information content (AvgIpc) is 2.49. The molecule has 1 amide bonds. The summed E-state index contributed by atoms with van der Waals surface area (Å²) in [4.78, 5) is 23.4. The van der Waals surface area contributed by atoms with E-state index in [1.807, 2.05) is 0 Å². The van der Waals surface area contributed by atoms with Crippen molar-refractivity contribution in [1.82, 2.24) is 10.2 Å². The Hall–Kier alpha value is -2.47. The summed E-state index contributed by atoms with van der Waals surface area (Å²) in [5, 5.41) is 10.1. The molecule has 0 fully saturated rings. The standard InChI is InChI=1S/C14H12ClN3O3/c1-2-21-14(20)9-3-5-10(6-4-9)16-13(19)11-7-8-12(15)18-17-11/h3-8H,2H2,1H3,(H,16,19). The number of carbonyl (C=O) groups is 2. The first kappa shape index (κ1) is 14.9. The van der Waals surface area contributed by atoms with E-state index in [0.29, 0.717) is 17.9 Å². The zero-order valence-corrected chi connectivity index (χ0v) is 11.9. The van der Waals surface area contributed by atoms with Crippen LogP contribution in [-0.2, 0) is 4.74 Å². The van der Waals surface area contributed by atoms with Crippen molar-refractivity contribution in [3.63, 3.8) is 0 Å². The van der Waals surface area contributed by atoms with Gasteiger partial charge in [-0.2, -0.15) is 0 Å². The van der Waals surface area contributed by atoms with Gasteiger partial charge in [-0.25, -0.2) is 4.79 Å². The molecule has 0 aliphatic carbocycles. The van der Waals surface area contributed by atoms with Crippen LogP contribution in [0.3, 0.4) is 0 Å². The Morgan fingerprint density at radius 3 is 2.43 bits per heavy atom. The van der Waals surface area contributed by atoms with Gasteiger partial charge in [-0.1, -0.05) is 11.6 Å². The van der Waals surface area contributed by atoms with Gasteiger partial charge in [0.2, 0.25) is 0 Å². The van der Waals surface area contributed by atoms with Gasteiger partial charge in [0.05, 0.1) is 12.2 Å². The fourth-order valence-corrected chi connectivity index (χ4v) is 1.64. The molecule has 2 rings (SSSR count). The minimum absolute atomic E-state index is 0.147. The van der Waals surface area contributed by atoms with E-state index >= 15 is 0 Å². The van der Waals surface area contributed by atoms with Crippen molar-refractivity contribution in [3.8, 4) is 0 Å². The lowest BCUT2D eigenvalue weighted by Gasteiger charge is -2.06. The van der Waals surface area contributed by atoms with E-state index in [4.69, 9.17) is 16.3 Å². The lowest BCUT2D eigenvalue weighted by atomic mass is 10.2. The summed E-state index contributed by atoms with van der Waals surface area (Å²) in [5.41, 5.74) is 1.10. The lowest BCUT2D eigenvalue weighted by Crippen LogP contribution is -2.14. The second kappa shape index (κ2) is 6.81. The number of benzene rings is 1. The van der Waals surface area contributed by atoms with Gasteiger partial charge in [0.1, 0.15) is 0 Å². The zero-order valence-electron chi connectivity index (χ0n) is 11.2. The van der Waals surface area contributed by atoms with Crippen molar-refractivity contribution in [2.75, 3.05) is 11.9 Å². The molecule has 0 saturated heterocycles. The molecule has 0 atom stereocenters. The highest BCUT2D eigenvalue weighted by Gasteiger charge is 2.10. The summed E-state index contributed by atoms with van der Waals surface area (Å²) in [6.45, 7) is 2.05. The van der Waals surface area contributed by atoms with E-state index < -0.39 is 11.9 Å². The molecule has 2 aromatic rings. The summed E-state index contributed by atoms with van der Waals surface area (Å²) in [6, 6.07) is 9.30. The molecule has 0 saturated carbocycles. The van der Waals surface area contributed by atoms with Gasteiger partial charge < -0.3 is 10.1 Å². The number of amides is 1. The van der Waals surface area contributed by atoms with Crippen LogP contribution >= 0.6 is 11.6 Å². The Bertz CT molecular complexity index is 642. The third kappa shape index (κ3) is 4.00. The molecule has 108 valence electrons. The predicted octanol–water partition coefficient (Wildman–Crippen LogP) is 2.56. The average molecular weight is 306 g/mol. The molecule has 1 N–H and O–H groups in total. The number of nitrogens with zero attached hydrogens (tertiary/aromatic N) is 2. The third-order valence-electron chi connectivity index (χ3n) is 2.52. The van der Waals surface area contributed by atoms with Crippen molar-refractivity contribution in [1.29, 1.82) is 0 Å². The van der Waals surface area contributed by atoms with Crippen LogP contribution in [0.25, 0.3) is 0 Å². The number of carbonyl (C=O) groups excluding carboxylic acids is 2. The fraction of sp³-hybridized carbons (Fsp3) is 0.143. The molecule has 21 heavy (non-hydrogen) atoms. The molecule has 0 radical (unpaired) electrons. The van der Waals surface area contributed by atoms with Crippen LogP contribution in [0.2, 0.25) is 5.15 Å². The molecule has 1 aromatic carbocycles. The second-order valence-electron chi connectivity index (χ2n) is 3.99. The maximum atomic E-state index is 11.9. The SMILES string of the molecule is CCOC(=O)c1ccc(NC(=O)c2ccc(Cl)nn2)cc1. The Labute approximate surface area is 126 Å². The van der Waals surface area contributed by atoms with Crippen LogP contribution in [0.4, 0.5) is 5.69 Å². The van der Waals surface area contributed by atoms with Crippen LogP contribution in [-0.4, -0.2) is 28.7 Å². The number of nitrogens with one attached hydrogen (secondary N) is 1. The summed E-state index contributed by atoms with van der Waals surface area (Å²) in [7, 11) is 0. The van der Waals surface area contributed by atoms with Crippen molar-refractivity contribution in [2.45, 2.75) is 6.92 Å². The third-order valence-corrected chi connectivity index (χ3v) is 2.72. The summed E-state index contributed by atoms with van der Waals surface area (Å²) < 4.78 is 4.87. The number of ether oxygens (including phenoxy) is 1. The summed E-state index contributed by atoms with van der Waals surface area (Å²) in [6.07, 6.45) is 0. The van der Waals surface area contributed by atoms with Crippen molar-refractivity contribution >= 4 is 29.2 Å². The number of rotatable bonds is 4. The van der Waals surface area contributed by atoms with E-state index in [-0.39, 0.29) is 10.8 Å². The van der Waals surface area contributed by atoms with E-state index in [9.17, 15) is 9.59 Å². The number of aromatic nitrogens is 2. The molecular formula is C14H12ClN3O3. The number of hydrogen-bond donors (Lipinski definition) is 1. The topological polar surface area (TPSA) is 81.2 Å². The smallest absolute Gasteiger partial charge is 0.338 e. The van der Waals surface area contributed by atoms with Crippen LogP contribution in [0.15, 0.2) is 36.4 Å². The molecule has 0 unspecified atom stereocenters. The molecule has 0 aliphatic rings. The molecule has 1 heterocycles. The van der Waals surface area contributed by atoms with E-state index in [1.54, 1.807) is 31.2 Å². The highest BCUT2D eigenvalue weighted by Crippen LogP contribution is 2.12. The second-order valence-corrected chi connectivity index (χ2v) is 4.38. The van der Waals surface area contributed by atoms with Gasteiger partial charge in [-0.05, 0) is 43.3 Å². The van der Waals surface area contributed by atoms with Gasteiger partial charge >= 0.3 is 5.97 Å². The molecular weight excluding hydrogens is 294 g/mol. The van der Waals surface area contributed by atoms with Gasteiger partial charge in [-0.3, -0.25) is 4.79 Å². The van der Waals surface area contributed by atoms with Gasteiger partial charge in [0.25, 0.3) is 5.91 Å². The largest absolute Gasteiger partial charge is 0.462 e.